The predicted octanol–water partition coefficient (Wildman–Crippen LogP) is 1.07. The Balaban J connectivity index is 1.52. The first-order valence-electron chi connectivity index (χ1n) is 8.76. The molecule has 2 aromatic rings. The summed E-state index contributed by atoms with van der Waals surface area (Å²) in [7, 11) is -3.76. The molecule has 28 heavy (non-hydrogen) atoms. The number of aryl methyl sites for hydroxylation is 1. The maximum atomic E-state index is 13.1. The molecule has 1 saturated heterocycles. The lowest BCUT2D eigenvalue weighted by Gasteiger charge is -2.34. The van der Waals surface area contributed by atoms with Crippen LogP contribution in [-0.2, 0) is 14.8 Å². The van der Waals surface area contributed by atoms with Gasteiger partial charge in [0.05, 0.1) is 16.8 Å². The molecule has 0 aliphatic carbocycles. The summed E-state index contributed by atoms with van der Waals surface area (Å²) in [6.45, 7) is 2.43. The van der Waals surface area contributed by atoms with E-state index in [0.717, 1.165) is 0 Å². The van der Waals surface area contributed by atoms with Crippen molar-refractivity contribution in [1.82, 2.24) is 9.21 Å². The van der Waals surface area contributed by atoms with Gasteiger partial charge in [-0.15, -0.1) is 0 Å². The summed E-state index contributed by atoms with van der Waals surface area (Å²) in [6, 6.07) is 6.26. The monoisotopic (exact) mass is 405 g/mol. The Kier molecular flexibility index (Phi) is 4.60. The van der Waals surface area contributed by atoms with Crippen LogP contribution in [0.4, 0.5) is 5.69 Å². The van der Waals surface area contributed by atoms with E-state index in [-0.39, 0.29) is 55.3 Å². The first kappa shape index (κ1) is 18.5. The third-order valence-electron chi connectivity index (χ3n) is 4.79. The summed E-state index contributed by atoms with van der Waals surface area (Å²) < 4.78 is 38.1. The van der Waals surface area contributed by atoms with E-state index in [1.807, 2.05) is 0 Å². The molecule has 0 bridgehead atoms. The number of piperazine rings is 1. The zero-order chi connectivity index (χ0) is 19.9. The van der Waals surface area contributed by atoms with E-state index in [1.54, 1.807) is 30.0 Å². The normalized spacial score (nSPS) is 17.6. The number of nitrogens with zero attached hydrogens (tertiary/aromatic N) is 2. The Morgan fingerprint density at radius 1 is 1.18 bits per heavy atom. The fourth-order valence-corrected chi connectivity index (χ4v) is 4.96. The molecule has 2 amide bonds. The fraction of sp³-hybridized carbons (Fsp3) is 0.333. The van der Waals surface area contributed by atoms with Crippen LogP contribution in [0.5, 0.6) is 5.75 Å². The largest absolute Gasteiger partial charge is 0.482 e. The number of hydrogen-bond acceptors (Lipinski definition) is 6. The van der Waals surface area contributed by atoms with Crippen LogP contribution in [-0.4, -0.2) is 62.2 Å². The maximum Gasteiger partial charge on any atom is 0.289 e. The minimum atomic E-state index is -3.76. The lowest BCUT2D eigenvalue weighted by molar-refractivity contribution is -0.118. The number of carbonyl (C=O) groups is 2. The second-order valence-electron chi connectivity index (χ2n) is 6.62. The molecule has 2 aliphatic heterocycles. The van der Waals surface area contributed by atoms with E-state index in [4.69, 9.17) is 9.15 Å². The van der Waals surface area contributed by atoms with E-state index >= 15 is 0 Å². The Hall–Kier alpha value is -2.85. The van der Waals surface area contributed by atoms with Crippen molar-refractivity contribution in [3.8, 4) is 5.75 Å². The molecule has 3 heterocycles. The van der Waals surface area contributed by atoms with Gasteiger partial charge in [-0.25, -0.2) is 8.42 Å². The molecule has 0 atom stereocenters. The zero-order valence-corrected chi connectivity index (χ0v) is 16.0. The van der Waals surface area contributed by atoms with Gasteiger partial charge >= 0.3 is 0 Å². The lowest BCUT2D eigenvalue weighted by Crippen LogP contribution is -2.50. The molecule has 10 heteroatoms. The summed E-state index contributed by atoms with van der Waals surface area (Å²) in [5.74, 6) is 0.0347. The zero-order valence-electron chi connectivity index (χ0n) is 15.2. The van der Waals surface area contributed by atoms with Gasteiger partial charge in [-0.2, -0.15) is 4.31 Å². The highest BCUT2D eigenvalue weighted by molar-refractivity contribution is 7.89. The van der Waals surface area contributed by atoms with Crippen LogP contribution in [0.15, 0.2) is 39.8 Å². The van der Waals surface area contributed by atoms with Gasteiger partial charge in [0.2, 0.25) is 10.0 Å². The fourth-order valence-electron chi connectivity index (χ4n) is 3.32. The topological polar surface area (TPSA) is 109 Å². The molecule has 0 radical (unpaired) electrons. The molecule has 1 N–H and O–H groups in total. The predicted molar refractivity (Wildman–Crippen MR) is 98.7 cm³/mol. The van der Waals surface area contributed by atoms with Gasteiger partial charge in [-0.3, -0.25) is 9.59 Å². The average molecular weight is 405 g/mol. The SMILES string of the molecule is Cc1cc2c(cc1S(=O)(=O)N1CCN(C(=O)c3ccco3)CC1)OCC(=O)N2. The summed E-state index contributed by atoms with van der Waals surface area (Å²) in [6.07, 6.45) is 1.43. The number of hydrogen-bond donors (Lipinski definition) is 1. The second kappa shape index (κ2) is 6.95. The number of carbonyl (C=O) groups excluding carboxylic acids is 2. The smallest absolute Gasteiger partial charge is 0.289 e. The van der Waals surface area contributed by atoms with Crippen LogP contribution in [0.1, 0.15) is 16.1 Å². The molecule has 0 spiro atoms. The molecule has 1 aromatic carbocycles. The van der Waals surface area contributed by atoms with Gasteiger partial charge in [0.1, 0.15) is 5.75 Å². The maximum absolute atomic E-state index is 13.1. The van der Waals surface area contributed by atoms with Gasteiger partial charge in [0, 0.05) is 32.2 Å². The van der Waals surface area contributed by atoms with Crippen molar-refractivity contribution in [1.29, 1.82) is 0 Å². The van der Waals surface area contributed by atoms with Crippen molar-refractivity contribution in [2.24, 2.45) is 0 Å². The molecule has 2 aliphatic rings. The van der Waals surface area contributed by atoms with E-state index in [0.29, 0.717) is 17.0 Å². The molecule has 1 fully saturated rings. The van der Waals surface area contributed by atoms with E-state index in [9.17, 15) is 18.0 Å². The summed E-state index contributed by atoms with van der Waals surface area (Å²) in [5, 5.41) is 2.67. The third-order valence-corrected chi connectivity index (χ3v) is 6.83. The lowest BCUT2D eigenvalue weighted by atomic mass is 10.2. The Labute approximate surface area is 161 Å². The van der Waals surface area contributed by atoms with E-state index in [1.165, 1.54) is 16.6 Å². The van der Waals surface area contributed by atoms with Crippen molar-refractivity contribution >= 4 is 27.5 Å². The van der Waals surface area contributed by atoms with Crippen LogP contribution >= 0.6 is 0 Å². The summed E-state index contributed by atoms with van der Waals surface area (Å²) in [4.78, 5) is 25.5. The number of furan rings is 1. The molecule has 0 saturated carbocycles. The Morgan fingerprint density at radius 3 is 2.61 bits per heavy atom. The number of anilines is 1. The minimum absolute atomic E-state index is 0.133. The second-order valence-corrected chi connectivity index (χ2v) is 8.53. The molecular weight excluding hydrogens is 386 g/mol. The highest BCUT2D eigenvalue weighted by Gasteiger charge is 2.33. The van der Waals surface area contributed by atoms with Crippen molar-refractivity contribution in [2.75, 3.05) is 38.1 Å². The molecule has 0 unspecified atom stereocenters. The van der Waals surface area contributed by atoms with Crippen molar-refractivity contribution < 1.29 is 27.2 Å². The quantitative estimate of drug-likeness (QED) is 0.818. The standard InChI is InChI=1S/C18H19N3O6S/c1-12-9-13-15(27-11-17(22)19-13)10-16(12)28(24,25)21-6-4-20(5-7-21)18(23)14-3-2-8-26-14/h2-3,8-10H,4-7,11H2,1H3,(H,19,22). The van der Waals surface area contributed by atoms with Gasteiger partial charge < -0.3 is 19.4 Å². The highest BCUT2D eigenvalue weighted by atomic mass is 32.2. The highest BCUT2D eigenvalue weighted by Crippen LogP contribution is 2.34. The van der Waals surface area contributed by atoms with Crippen LogP contribution in [0, 0.1) is 6.92 Å². The van der Waals surface area contributed by atoms with Gasteiger partial charge in [-0.1, -0.05) is 0 Å². The molecular formula is C18H19N3O6S. The average Bonchev–Trinajstić information content (AvgIpc) is 3.21. The number of sulfonamides is 1. The number of nitrogens with one attached hydrogen (secondary N) is 1. The molecule has 4 rings (SSSR count). The van der Waals surface area contributed by atoms with Gasteiger partial charge in [0.15, 0.2) is 12.4 Å². The van der Waals surface area contributed by atoms with Crippen molar-refractivity contribution in [2.45, 2.75) is 11.8 Å². The van der Waals surface area contributed by atoms with Crippen molar-refractivity contribution in [3.63, 3.8) is 0 Å². The Bertz CT molecular complexity index is 1020. The number of rotatable bonds is 3. The van der Waals surface area contributed by atoms with Crippen LogP contribution in [0.3, 0.4) is 0 Å². The summed E-state index contributed by atoms with van der Waals surface area (Å²) >= 11 is 0. The molecule has 9 nitrogen and oxygen atoms in total. The van der Waals surface area contributed by atoms with E-state index in [2.05, 4.69) is 5.32 Å². The van der Waals surface area contributed by atoms with Crippen molar-refractivity contribution in [3.05, 3.63) is 41.9 Å². The van der Waals surface area contributed by atoms with Crippen LogP contribution in [0.2, 0.25) is 0 Å². The first-order valence-corrected chi connectivity index (χ1v) is 10.2. The number of ether oxygens (including phenoxy) is 1. The number of fused-ring (bicyclic) bond motifs is 1. The van der Waals surface area contributed by atoms with E-state index < -0.39 is 10.0 Å². The molecule has 1 aromatic heterocycles. The minimum Gasteiger partial charge on any atom is -0.482 e. The first-order chi connectivity index (χ1) is 13.4. The summed E-state index contributed by atoms with van der Waals surface area (Å²) in [5.41, 5.74) is 0.972. The van der Waals surface area contributed by atoms with Gasteiger partial charge in [-0.05, 0) is 30.7 Å². The number of amides is 2. The van der Waals surface area contributed by atoms with Crippen LogP contribution < -0.4 is 10.1 Å². The van der Waals surface area contributed by atoms with Crippen LogP contribution in [0.25, 0.3) is 0 Å². The number of benzene rings is 1. The molecule has 148 valence electrons. The van der Waals surface area contributed by atoms with Gasteiger partial charge in [0.25, 0.3) is 11.8 Å². The Morgan fingerprint density at radius 2 is 1.93 bits per heavy atom. The third kappa shape index (κ3) is 3.25.